The second-order valence-corrected chi connectivity index (χ2v) is 10.3. The summed E-state index contributed by atoms with van der Waals surface area (Å²) in [6.45, 7) is 7.03. The van der Waals surface area contributed by atoms with Crippen LogP contribution in [0.4, 0.5) is 10.5 Å². The Bertz CT molecular complexity index is 1350. The molecule has 8 heteroatoms. The van der Waals surface area contributed by atoms with Crippen LogP contribution in [0.5, 0.6) is 0 Å². The molecule has 0 aliphatic carbocycles. The molecular weight excluding hydrogens is 492 g/mol. The van der Waals surface area contributed by atoms with Gasteiger partial charge in [-0.05, 0) is 56.5 Å². The molecule has 0 fully saturated rings. The number of aromatic amines is 1. The quantitative estimate of drug-likeness (QED) is 0.241. The molecule has 39 heavy (non-hydrogen) atoms. The average Bonchev–Trinajstić information content (AvgIpc) is 3.29. The lowest BCUT2D eigenvalue weighted by Gasteiger charge is -2.29. The molecule has 4 N–H and O–H groups in total. The van der Waals surface area contributed by atoms with E-state index in [9.17, 15) is 14.7 Å². The van der Waals surface area contributed by atoms with E-state index in [1.54, 1.807) is 32.9 Å². The van der Waals surface area contributed by atoms with Gasteiger partial charge in [-0.25, -0.2) is 4.79 Å². The zero-order chi connectivity index (χ0) is 28.0. The van der Waals surface area contributed by atoms with E-state index in [-0.39, 0.29) is 12.5 Å². The number of alkyl carbamates (subject to hydrolysis) is 1. The summed E-state index contributed by atoms with van der Waals surface area (Å²) in [7, 11) is 0. The van der Waals surface area contributed by atoms with Crippen molar-refractivity contribution in [3.05, 3.63) is 107 Å². The van der Waals surface area contributed by atoms with Crippen molar-refractivity contribution in [3.8, 4) is 11.1 Å². The van der Waals surface area contributed by atoms with Crippen LogP contribution in [-0.2, 0) is 16.1 Å². The van der Waals surface area contributed by atoms with Crippen molar-refractivity contribution in [1.82, 2.24) is 15.5 Å². The monoisotopic (exact) mass is 526 g/mol. The smallest absolute Gasteiger partial charge is 0.408 e. The Labute approximate surface area is 228 Å². The highest BCUT2D eigenvalue weighted by Crippen LogP contribution is 2.30. The number of nitrogens with zero attached hydrogens (tertiary/aromatic N) is 1. The van der Waals surface area contributed by atoms with Crippen molar-refractivity contribution in [1.29, 1.82) is 0 Å². The third-order valence-electron chi connectivity index (χ3n) is 6.22. The van der Waals surface area contributed by atoms with Crippen LogP contribution in [0.25, 0.3) is 11.1 Å². The van der Waals surface area contributed by atoms with Crippen LogP contribution < -0.4 is 10.6 Å². The Hall–Kier alpha value is -4.43. The molecule has 0 saturated carbocycles. The van der Waals surface area contributed by atoms with Crippen molar-refractivity contribution >= 4 is 17.7 Å². The molecule has 1 atom stereocenters. The number of aromatic nitrogens is 2. The lowest BCUT2D eigenvalue weighted by molar-refractivity contribution is -0.118. The highest BCUT2D eigenvalue weighted by Gasteiger charge is 2.34. The SMILES string of the molecule is Cc1[nH]nc(CO)c1-c1ccc(NC(=O)[C@@H](NC(=O)OC(C)(C)C)C(c2ccccc2)c2ccccc2)cc1. The lowest BCUT2D eigenvalue weighted by Crippen LogP contribution is -2.49. The fourth-order valence-electron chi connectivity index (χ4n) is 4.55. The molecule has 2 amide bonds. The molecule has 0 spiro atoms. The standard InChI is InChI=1S/C31H34N4O4/c1-20-26(25(19-36)35-34-20)23-15-17-24(18-16-23)32-29(37)28(33-30(38)39-31(2,3)4)27(21-11-7-5-8-12-21)22-13-9-6-10-14-22/h5-18,27-28,36H,19H2,1-4H3,(H,32,37)(H,33,38)(H,34,35)/t28-/m0/s1. The second-order valence-electron chi connectivity index (χ2n) is 10.3. The highest BCUT2D eigenvalue weighted by molar-refractivity contribution is 5.98. The van der Waals surface area contributed by atoms with Gasteiger partial charge in [-0.2, -0.15) is 5.10 Å². The summed E-state index contributed by atoms with van der Waals surface area (Å²) < 4.78 is 5.52. The minimum absolute atomic E-state index is 0.184. The van der Waals surface area contributed by atoms with E-state index in [0.717, 1.165) is 27.9 Å². The summed E-state index contributed by atoms with van der Waals surface area (Å²) in [4.78, 5) is 26.8. The molecule has 0 aliphatic heterocycles. The number of ether oxygens (including phenoxy) is 1. The number of H-pyrrole nitrogens is 1. The van der Waals surface area contributed by atoms with Crippen molar-refractivity contribution in [3.63, 3.8) is 0 Å². The zero-order valence-corrected chi connectivity index (χ0v) is 22.6. The molecule has 0 saturated heterocycles. The predicted octanol–water partition coefficient (Wildman–Crippen LogP) is 5.54. The van der Waals surface area contributed by atoms with Gasteiger partial charge in [0.25, 0.3) is 0 Å². The van der Waals surface area contributed by atoms with E-state index in [2.05, 4.69) is 20.8 Å². The first-order chi connectivity index (χ1) is 18.7. The molecule has 4 aromatic rings. The number of amides is 2. The van der Waals surface area contributed by atoms with E-state index in [1.807, 2.05) is 79.7 Å². The van der Waals surface area contributed by atoms with Crippen molar-refractivity contribution in [2.75, 3.05) is 5.32 Å². The summed E-state index contributed by atoms with van der Waals surface area (Å²) in [5.74, 6) is -0.860. The number of hydrogen-bond donors (Lipinski definition) is 4. The first kappa shape index (κ1) is 27.6. The number of carbonyl (C=O) groups excluding carboxylic acids is 2. The Kier molecular flexibility index (Phi) is 8.46. The van der Waals surface area contributed by atoms with Gasteiger partial charge in [0.05, 0.1) is 12.3 Å². The normalized spacial score (nSPS) is 12.2. The van der Waals surface area contributed by atoms with Gasteiger partial charge in [0.15, 0.2) is 0 Å². The van der Waals surface area contributed by atoms with E-state index in [4.69, 9.17) is 4.74 Å². The van der Waals surface area contributed by atoms with Gasteiger partial charge in [0.2, 0.25) is 5.91 Å². The predicted molar refractivity (Wildman–Crippen MR) is 151 cm³/mol. The summed E-state index contributed by atoms with van der Waals surface area (Å²) in [5.41, 5.74) is 4.67. The van der Waals surface area contributed by atoms with Crippen LogP contribution in [0.15, 0.2) is 84.9 Å². The van der Waals surface area contributed by atoms with Gasteiger partial charge in [-0.15, -0.1) is 0 Å². The van der Waals surface area contributed by atoms with Crippen LogP contribution in [-0.4, -0.2) is 38.9 Å². The molecule has 202 valence electrons. The first-order valence-corrected chi connectivity index (χ1v) is 12.8. The van der Waals surface area contributed by atoms with Crippen molar-refractivity contribution in [2.24, 2.45) is 0 Å². The first-order valence-electron chi connectivity index (χ1n) is 12.8. The van der Waals surface area contributed by atoms with Crippen LogP contribution >= 0.6 is 0 Å². The summed E-state index contributed by atoms with van der Waals surface area (Å²) in [6.07, 6.45) is -0.679. The number of aliphatic hydroxyl groups excluding tert-OH is 1. The van der Waals surface area contributed by atoms with Crippen LogP contribution in [0.1, 0.15) is 49.2 Å². The lowest BCUT2D eigenvalue weighted by atomic mass is 9.84. The number of aliphatic hydroxyl groups is 1. The molecule has 0 bridgehead atoms. The van der Waals surface area contributed by atoms with Gasteiger partial charge >= 0.3 is 6.09 Å². The molecule has 4 rings (SSSR count). The Morgan fingerprint density at radius 3 is 2.00 bits per heavy atom. The van der Waals surface area contributed by atoms with E-state index >= 15 is 0 Å². The molecule has 0 radical (unpaired) electrons. The third kappa shape index (κ3) is 6.91. The Morgan fingerprint density at radius 2 is 1.49 bits per heavy atom. The van der Waals surface area contributed by atoms with Gasteiger partial charge in [-0.3, -0.25) is 9.89 Å². The fraction of sp³-hybridized carbons (Fsp3) is 0.258. The van der Waals surface area contributed by atoms with E-state index < -0.39 is 23.7 Å². The Balaban J connectivity index is 1.66. The summed E-state index contributed by atoms with van der Waals surface area (Å²) >= 11 is 0. The largest absolute Gasteiger partial charge is 0.444 e. The number of nitrogens with one attached hydrogen (secondary N) is 3. The number of rotatable bonds is 8. The molecule has 0 aliphatic rings. The summed E-state index contributed by atoms with van der Waals surface area (Å²) in [5, 5.41) is 22.5. The molecule has 3 aromatic carbocycles. The fourth-order valence-corrected chi connectivity index (χ4v) is 4.55. The van der Waals surface area contributed by atoms with Gasteiger partial charge < -0.3 is 20.5 Å². The molecule has 0 unspecified atom stereocenters. The van der Waals surface area contributed by atoms with Gasteiger partial charge in [-0.1, -0.05) is 72.8 Å². The molecule has 8 nitrogen and oxygen atoms in total. The van der Waals surface area contributed by atoms with E-state index in [1.165, 1.54) is 0 Å². The summed E-state index contributed by atoms with van der Waals surface area (Å²) in [6, 6.07) is 25.5. The highest BCUT2D eigenvalue weighted by atomic mass is 16.6. The number of hydrogen-bond acceptors (Lipinski definition) is 5. The third-order valence-corrected chi connectivity index (χ3v) is 6.22. The van der Waals surface area contributed by atoms with E-state index in [0.29, 0.717) is 11.4 Å². The number of carbonyl (C=O) groups is 2. The van der Waals surface area contributed by atoms with Crippen LogP contribution in [0.2, 0.25) is 0 Å². The topological polar surface area (TPSA) is 116 Å². The Morgan fingerprint density at radius 1 is 0.923 bits per heavy atom. The van der Waals surface area contributed by atoms with Crippen LogP contribution in [0.3, 0.4) is 0 Å². The molecule has 1 aromatic heterocycles. The maximum atomic E-state index is 13.8. The maximum Gasteiger partial charge on any atom is 0.408 e. The minimum atomic E-state index is -0.971. The minimum Gasteiger partial charge on any atom is -0.444 e. The zero-order valence-electron chi connectivity index (χ0n) is 22.6. The maximum absolute atomic E-state index is 13.8. The van der Waals surface area contributed by atoms with Crippen LogP contribution in [0, 0.1) is 6.92 Å². The molecular formula is C31H34N4O4. The average molecular weight is 527 g/mol. The second kappa shape index (κ2) is 12.0. The number of aryl methyl sites for hydroxylation is 1. The number of anilines is 1. The van der Waals surface area contributed by atoms with Crippen molar-refractivity contribution < 1.29 is 19.4 Å². The van der Waals surface area contributed by atoms with Gasteiger partial charge in [0, 0.05) is 22.9 Å². The van der Waals surface area contributed by atoms with Gasteiger partial charge in [0.1, 0.15) is 11.6 Å². The molecule has 1 heterocycles. The number of benzene rings is 3. The van der Waals surface area contributed by atoms with Crippen molar-refractivity contribution in [2.45, 2.75) is 51.9 Å².